The third kappa shape index (κ3) is 3.96. The lowest BCUT2D eigenvalue weighted by molar-refractivity contribution is -0.136. The van der Waals surface area contributed by atoms with Crippen molar-refractivity contribution in [3.8, 4) is 5.75 Å². The Bertz CT molecular complexity index is 805. The summed E-state index contributed by atoms with van der Waals surface area (Å²) >= 11 is 0. The first-order valence-electron chi connectivity index (χ1n) is 8.00. The molecule has 5 nitrogen and oxygen atoms in total. The standard InChI is InChI=1S/C19H19FN2O3/c1-11-9-13(20)5-8-16(11)21-18(23)19(24)22-17-10-15(17)12-3-6-14(25-2)7-4-12/h3-9,15,17H,10H2,1-2H3,(H,21,23)(H,22,24). The Hall–Kier alpha value is -2.89. The number of benzene rings is 2. The second-order valence-corrected chi connectivity index (χ2v) is 6.11. The minimum Gasteiger partial charge on any atom is -0.497 e. The number of hydrogen-bond donors (Lipinski definition) is 2. The first kappa shape index (κ1) is 17.0. The van der Waals surface area contributed by atoms with Gasteiger partial charge in [-0.05, 0) is 54.8 Å². The number of nitrogens with one attached hydrogen (secondary N) is 2. The first-order chi connectivity index (χ1) is 12.0. The molecule has 2 amide bonds. The summed E-state index contributed by atoms with van der Waals surface area (Å²) in [4.78, 5) is 24.0. The van der Waals surface area contributed by atoms with Crippen LogP contribution in [0.5, 0.6) is 5.75 Å². The van der Waals surface area contributed by atoms with Gasteiger partial charge in [-0.1, -0.05) is 12.1 Å². The van der Waals surface area contributed by atoms with Gasteiger partial charge in [-0.25, -0.2) is 4.39 Å². The highest BCUT2D eigenvalue weighted by Gasteiger charge is 2.40. The molecule has 0 bridgehead atoms. The van der Waals surface area contributed by atoms with Gasteiger partial charge in [-0.15, -0.1) is 0 Å². The number of halogens is 1. The quantitative estimate of drug-likeness (QED) is 0.840. The molecule has 0 aromatic heterocycles. The van der Waals surface area contributed by atoms with Gasteiger partial charge in [-0.2, -0.15) is 0 Å². The summed E-state index contributed by atoms with van der Waals surface area (Å²) < 4.78 is 18.2. The molecule has 2 aromatic rings. The molecule has 2 atom stereocenters. The fourth-order valence-electron chi connectivity index (χ4n) is 2.75. The summed E-state index contributed by atoms with van der Waals surface area (Å²) in [7, 11) is 1.61. The highest BCUT2D eigenvalue weighted by atomic mass is 19.1. The van der Waals surface area contributed by atoms with Gasteiger partial charge >= 0.3 is 11.8 Å². The molecule has 6 heteroatoms. The normalized spacial score (nSPS) is 18.4. The van der Waals surface area contributed by atoms with E-state index in [4.69, 9.17) is 4.74 Å². The average Bonchev–Trinajstić information content (AvgIpc) is 3.36. The minimum absolute atomic E-state index is 0.0547. The minimum atomic E-state index is -0.755. The Morgan fingerprint density at radius 1 is 1.12 bits per heavy atom. The van der Waals surface area contributed by atoms with Crippen molar-refractivity contribution in [2.75, 3.05) is 12.4 Å². The molecule has 3 rings (SSSR count). The fourth-order valence-corrected chi connectivity index (χ4v) is 2.75. The predicted molar refractivity (Wildman–Crippen MR) is 92.0 cm³/mol. The molecule has 2 N–H and O–H groups in total. The van der Waals surface area contributed by atoms with Crippen LogP contribution in [0.1, 0.15) is 23.5 Å². The maximum absolute atomic E-state index is 13.1. The lowest BCUT2D eigenvalue weighted by Gasteiger charge is -2.09. The molecule has 1 saturated carbocycles. The smallest absolute Gasteiger partial charge is 0.313 e. The zero-order valence-corrected chi connectivity index (χ0v) is 14.0. The molecule has 1 fully saturated rings. The largest absolute Gasteiger partial charge is 0.497 e. The van der Waals surface area contributed by atoms with E-state index in [1.165, 1.54) is 18.2 Å². The van der Waals surface area contributed by atoms with Crippen LogP contribution in [0.25, 0.3) is 0 Å². The van der Waals surface area contributed by atoms with Gasteiger partial charge in [0, 0.05) is 17.6 Å². The summed E-state index contributed by atoms with van der Waals surface area (Å²) in [6.07, 6.45) is 0.793. The lowest BCUT2D eigenvalue weighted by atomic mass is 10.1. The van der Waals surface area contributed by atoms with Crippen LogP contribution in [0.15, 0.2) is 42.5 Å². The number of aryl methyl sites for hydroxylation is 1. The number of carbonyl (C=O) groups excluding carboxylic acids is 2. The third-order valence-corrected chi connectivity index (χ3v) is 4.29. The molecular formula is C19H19FN2O3. The van der Waals surface area contributed by atoms with Gasteiger partial charge in [0.05, 0.1) is 7.11 Å². The number of amides is 2. The van der Waals surface area contributed by atoms with E-state index in [0.29, 0.717) is 11.3 Å². The van der Waals surface area contributed by atoms with E-state index in [0.717, 1.165) is 17.7 Å². The Morgan fingerprint density at radius 2 is 1.84 bits per heavy atom. The molecule has 0 aliphatic heterocycles. The van der Waals surface area contributed by atoms with Crippen LogP contribution in [0.4, 0.5) is 10.1 Å². The van der Waals surface area contributed by atoms with Crippen LogP contribution in [0, 0.1) is 12.7 Å². The van der Waals surface area contributed by atoms with E-state index >= 15 is 0 Å². The Kier molecular flexibility index (Phi) is 4.70. The zero-order valence-electron chi connectivity index (χ0n) is 14.0. The van der Waals surface area contributed by atoms with Crippen molar-refractivity contribution in [1.82, 2.24) is 5.32 Å². The SMILES string of the molecule is COc1ccc(C2CC2NC(=O)C(=O)Nc2ccc(F)cc2C)cc1. The summed E-state index contributed by atoms with van der Waals surface area (Å²) in [5.41, 5.74) is 2.08. The molecule has 0 spiro atoms. The van der Waals surface area contributed by atoms with E-state index < -0.39 is 11.8 Å². The molecule has 0 radical (unpaired) electrons. The lowest BCUT2D eigenvalue weighted by Crippen LogP contribution is -2.37. The van der Waals surface area contributed by atoms with E-state index in [1.54, 1.807) is 14.0 Å². The third-order valence-electron chi connectivity index (χ3n) is 4.29. The van der Waals surface area contributed by atoms with Crippen molar-refractivity contribution in [2.24, 2.45) is 0 Å². The monoisotopic (exact) mass is 342 g/mol. The van der Waals surface area contributed by atoms with Gasteiger partial charge in [0.25, 0.3) is 0 Å². The second kappa shape index (κ2) is 6.93. The van der Waals surface area contributed by atoms with Crippen molar-refractivity contribution in [3.05, 3.63) is 59.4 Å². The fraction of sp³-hybridized carbons (Fsp3) is 0.263. The molecule has 1 aliphatic rings. The number of carbonyl (C=O) groups is 2. The summed E-state index contributed by atoms with van der Waals surface area (Å²) in [6.45, 7) is 1.66. The number of methoxy groups -OCH3 is 1. The average molecular weight is 342 g/mol. The maximum Gasteiger partial charge on any atom is 0.313 e. The summed E-state index contributed by atoms with van der Waals surface area (Å²) in [5.74, 6) is -0.852. The molecule has 2 aromatic carbocycles. The summed E-state index contributed by atoms with van der Waals surface area (Å²) in [5, 5.41) is 5.23. The van der Waals surface area contributed by atoms with E-state index in [1.807, 2.05) is 24.3 Å². The Morgan fingerprint density at radius 3 is 2.48 bits per heavy atom. The van der Waals surface area contributed by atoms with Crippen molar-refractivity contribution >= 4 is 17.5 Å². The number of ether oxygens (including phenoxy) is 1. The van der Waals surface area contributed by atoms with Gasteiger partial charge in [0.2, 0.25) is 0 Å². The molecule has 0 heterocycles. The van der Waals surface area contributed by atoms with E-state index in [-0.39, 0.29) is 17.8 Å². The highest BCUT2D eigenvalue weighted by molar-refractivity contribution is 6.39. The van der Waals surface area contributed by atoms with Crippen molar-refractivity contribution in [2.45, 2.75) is 25.3 Å². The Balaban J connectivity index is 1.54. The van der Waals surface area contributed by atoms with Crippen LogP contribution < -0.4 is 15.4 Å². The molecule has 130 valence electrons. The second-order valence-electron chi connectivity index (χ2n) is 6.11. The highest BCUT2D eigenvalue weighted by Crippen LogP contribution is 2.41. The van der Waals surface area contributed by atoms with Crippen LogP contribution in [0.2, 0.25) is 0 Å². The molecule has 25 heavy (non-hydrogen) atoms. The maximum atomic E-state index is 13.1. The zero-order chi connectivity index (χ0) is 18.0. The predicted octanol–water partition coefficient (Wildman–Crippen LogP) is 2.75. The van der Waals surface area contributed by atoms with E-state index in [2.05, 4.69) is 10.6 Å². The molecular weight excluding hydrogens is 323 g/mol. The first-order valence-corrected chi connectivity index (χ1v) is 8.00. The van der Waals surface area contributed by atoms with Gasteiger partial charge in [0.1, 0.15) is 11.6 Å². The number of rotatable bonds is 4. The van der Waals surface area contributed by atoms with Crippen molar-refractivity contribution in [1.29, 1.82) is 0 Å². The Labute approximate surface area is 145 Å². The van der Waals surface area contributed by atoms with Crippen LogP contribution in [-0.4, -0.2) is 25.0 Å². The van der Waals surface area contributed by atoms with Crippen molar-refractivity contribution < 1.29 is 18.7 Å². The van der Waals surface area contributed by atoms with Crippen LogP contribution in [-0.2, 0) is 9.59 Å². The topological polar surface area (TPSA) is 67.4 Å². The van der Waals surface area contributed by atoms with Crippen LogP contribution in [0.3, 0.4) is 0 Å². The molecule has 0 saturated heterocycles. The van der Waals surface area contributed by atoms with Crippen LogP contribution >= 0.6 is 0 Å². The van der Waals surface area contributed by atoms with Gasteiger partial charge < -0.3 is 15.4 Å². The summed E-state index contributed by atoms with van der Waals surface area (Å²) in [6, 6.07) is 11.6. The molecule has 2 unspecified atom stereocenters. The van der Waals surface area contributed by atoms with E-state index in [9.17, 15) is 14.0 Å². The number of hydrogen-bond acceptors (Lipinski definition) is 3. The van der Waals surface area contributed by atoms with Crippen molar-refractivity contribution in [3.63, 3.8) is 0 Å². The van der Waals surface area contributed by atoms with Gasteiger partial charge in [-0.3, -0.25) is 9.59 Å². The number of anilines is 1. The van der Waals surface area contributed by atoms with Gasteiger partial charge in [0.15, 0.2) is 0 Å². The molecule has 1 aliphatic carbocycles.